The highest BCUT2D eigenvalue weighted by molar-refractivity contribution is 6.01. The van der Waals surface area contributed by atoms with Crippen LogP contribution in [0.3, 0.4) is 0 Å². The molecule has 0 saturated heterocycles. The fourth-order valence-corrected chi connectivity index (χ4v) is 8.40. The minimum Gasteiger partial charge on any atom is -0.508 e. The van der Waals surface area contributed by atoms with Crippen molar-refractivity contribution in [2.24, 2.45) is 22.4 Å². The summed E-state index contributed by atoms with van der Waals surface area (Å²) in [5.41, 5.74) is 5.56. The lowest BCUT2D eigenvalue weighted by Crippen LogP contribution is -2.45. The molecule has 7 rings (SSSR count). The van der Waals surface area contributed by atoms with E-state index in [2.05, 4.69) is 25.1 Å². The average Bonchev–Trinajstić information content (AvgIpc) is 3.68. The van der Waals surface area contributed by atoms with Crippen molar-refractivity contribution in [3.63, 3.8) is 0 Å². The predicted molar refractivity (Wildman–Crippen MR) is 150 cm³/mol. The number of fused-ring (bicyclic) bond motifs is 5. The van der Waals surface area contributed by atoms with Gasteiger partial charge < -0.3 is 14.3 Å². The minimum absolute atomic E-state index is 0.0350. The number of phenols is 1. The fraction of sp³-hybridized carbons (Fsp3) is 0.455. The van der Waals surface area contributed by atoms with Crippen LogP contribution in [0.1, 0.15) is 86.8 Å². The number of aryl methyl sites for hydroxylation is 1. The zero-order chi connectivity index (χ0) is 26.7. The Hall–Kier alpha value is -3.54. The van der Waals surface area contributed by atoms with Gasteiger partial charge in [-0.2, -0.15) is 5.10 Å². The maximum absolute atomic E-state index is 11.8. The molecule has 0 spiro atoms. The third-order valence-electron chi connectivity index (χ3n) is 10.2. The van der Waals surface area contributed by atoms with E-state index >= 15 is 0 Å². The SMILES string of the molecule is CC(=O)O[C@H]1CC[C@H]2[C@@H]3CCc4cc(O)c(C5CC(c6ccco6)=NN5c5ccccc5)cc4[C@H]3CC[C@]12C. The van der Waals surface area contributed by atoms with Crippen molar-refractivity contribution in [1.82, 2.24) is 0 Å². The summed E-state index contributed by atoms with van der Waals surface area (Å²) in [4.78, 5) is 11.8. The first-order chi connectivity index (χ1) is 18.9. The molecule has 2 heterocycles. The molecule has 1 unspecified atom stereocenters. The van der Waals surface area contributed by atoms with Gasteiger partial charge in [-0.3, -0.25) is 9.80 Å². The molecule has 3 aromatic rings. The maximum atomic E-state index is 11.8. The summed E-state index contributed by atoms with van der Waals surface area (Å²) >= 11 is 0. The number of hydrogen-bond donors (Lipinski definition) is 1. The molecule has 1 aliphatic heterocycles. The van der Waals surface area contributed by atoms with E-state index in [0.29, 0.717) is 29.9 Å². The molecular formula is C33H36N2O4. The van der Waals surface area contributed by atoms with Gasteiger partial charge in [-0.25, -0.2) is 0 Å². The number of hydrogen-bond acceptors (Lipinski definition) is 6. The number of rotatable bonds is 4. The van der Waals surface area contributed by atoms with Crippen LogP contribution >= 0.6 is 0 Å². The second-order valence-corrected chi connectivity index (χ2v) is 12.2. The maximum Gasteiger partial charge on any atom is 0.302 e. The molecule has 0 amide bonds. The summed E-state index contributed by atoms with van der Waals surface area (Å²) in [5.74, 6) is 2.58. The predicted octanol–water partition coefficient (Wildman–Crippen LogP) is 7.13. The molecule has 6 nitrogen and oxygen atoms in total. The second kappa shape index (κ2) is 9.29. The summed E-state index contributed by atoms with van der Waals surface area (Å²) in [6.45, 7) is 3.89. The van der Waals surface area contributed by atoms with Gasteiger partial charge in [-0.15, -0.1) is 0 Å². The lowest BCUT2D eigenvalue weighted by Gasteiger charge is -2.50. The number of anilines is 1. The topological polar surface area (TPSA) is 75.3 Å². The Balaban J connectivity index is 1.24. The Kier molecular flexibility index (Phi) is 5.83. The van der Waals surface area contributed by atoms with Gasteiger partial charge in [0.05, 0.1) is 18.0 Å². The summed E-state index contributed by atoms with van der Waals surface area (Å²) in [6.07, 6.45) is 8.75. The van der Waals surface area contributed by atoms with Crippen LogP contribution in [0, 0.1) is 17.3 Å². The lowest BCUT2D eigenvalue weighted by molar-refractivity contribution is -0.154. The monoisotopic (exact) mass is 524 g/mol. The first-order valence-electron chi connectivity index (χ1n) is 14.4. The Labute approximate surface area is 229 Å². The molecule has 6 atom stereocenters. The van der Waals surface area contributed by atoms with Crippen LogP contribution in [0.15, 0.2) is 70.4 Å². The molecule has 3 aliphatic carbocycles. The van der Waals surface area contributed by atoms with E-state index < -0.39 is 0 Å². The minimum atomic E-state index is -0.159. The molecule has 2 saturated carbocycles. The third kappa shape index (κ3) is 3.98. The number of ether oxygens (including phenoxy) is 1. The Bertz CT molecular complexity index is 1410. The van der Waals surface area contributed by atoms with Crippen molar-refractivity contribution in [3.05, 3.63) is 83.3 Å². The number of furan rings is 1. The highest BCUT2D eigenvalue weighted by Crippen LogP contribution is 2.62. The highest BCUT2D eigenvalue weighted by atomic mass is 16.5. The van der Waals surface area contributed by atoms with Crippen LogP contribution < -0.4 is 5.01 Å². The Morgan fingerprint density at radius 3 is 2.69 bits per heavy atom. The summed E-state index contributed by atoms with van der Waals surface area (Å²) in [5, 5.41) is 18.4. The van der Waals surface area contributed by atoms with Crippen LogP contribution in [-0.2, 0) is 16.0 Å². The standard InChI is InChI=1S/C33H36N2O4/c1-20(36)39-32-13-12-27-24-11-10-21-17-30(37)26(18-25(21)23(24)14-15-33(27,32)2)29-19-28(31-9-6-16-38-31)34-35(29)22-7-4-3-5-8-22/h3-9,16-18,23-24,27,29,32,37H,10-15,19H2,1-2H3/t23-,24+,27-,29?,32-,33-/m0/s1. The molecule has 1 aromatic heterocycles. The van der Waals surface area contributed by atoms with E-state index in [9.17, 15) is 9.90 Å². The van der Waals surface area contributed by atoms with Crippen molar-refractivity contribution in [3.8, 4) is 5.75 Å². The van der Waals surface area contributed by atoms with Gasteiger partial charge in [0.15, 0.2) is 0 Å². The van der Waals surface area contributed by atoms with Gasteiger partial charge in [0.1, 0.15) is 23.3 Å². The molecule has 202 valence electrons. The summed E-state index contributed by atoms with van der Waals surface area (Å²) in [6, 6.07) is 18.2. The van der Waals surface area contributed by atoms with Gasteiger partial charge in [0.2, 0.25) is 0 Å². The molecule has 6 heteroatoms. The fourth-order valence-electron chi connectivity index (χ4n) is 8.40. The quantitative estimate of drug-likeness (QED) is 0.368. The van der Waals surface area contributed by atoms with Crippen LogP contribution in [0.2, 0.25) is 0 Å². The smallest absolute Gasteiger partial charge is 0.302 e. The van der Waals surface area contributed by atoms with Crippen LogP contribution in [0.4, 0.5) is 5.69 Å². The van der Waals surface area contributed by atoms with Gasteiger partial charge in [0, 0.05) is 24.3 Å². The number of esters is 1. The van der Waals surface area contributed by atoms with E-state index in [4.69, 9.17) is 14.3 Å². The number of carbonyl (C=O) groups excluding carboxylic acids is 1. The number of carbonyl (C=O) groups is 1. The first kappa shape index (κ1) is 24.5. The van der Waals surface area contributed by atoms with Crippen LogP contribution in [-0.4, -0.2) is 22.9 Å². The zero-order valence-corrected chi connectivity index (χ0v) is 22.7. The zero-order valence-electron chi connectivity index (χ0n) is 22.7. The lowest BCUT2D eigenvalue weighted by atomic mass is 9.55. The summed E-state index contributed by atoms with van der Waals surface area (Å²) < 4.78 is 11.5. The number of aromatic hydroxyl groups is 1. The van der Waals surface area contributed by atoms with Gasteiger partial charge in [-0.1, -0.05) is 25.1 Å². The highest BCUT2D eigenvalue weighted by Gasteiger charge is 2.56. The molecule has 2 fully saturated rings. The van der Waals surface area contributed by atoms with Crippen molar-refractivity contribution < 1.29 is 19.1 Å². The van der Waals surface area contributed by atoms with Crippen molar-refractivity contribution in [2.45, 2.75) is 76.9 Å². The molecular weight excluding hydrogens is 488 g/mol. The molecule has 0 bridgehead atoms. The Morgan fingerprint density at radius 2 is 1.92 bits per heavy atom. The van der Waals surface area contributed by atoms with Gasteiger partial charge in [0.25, 0.3) is 0 Å². The van der Waals surface area contributed by atoms with Gasteiger partial charge in [-0.05, 0) is 104 Å². The van der Waals surface area contributed by atoms with E-state index in [1.165, 1.54) is 18.1 Å². The van der Waals surface area contributed by atoms with E-state index in [0.717, 1.165) is 61.2 Å². The van der Waals surface area contributed by atoms with Crippen molar-refractivity contribution in [2.75, 3.05) is 5.01 Å². The first-order valence-corrected chi connectivity index (χ1v) is 14.4. The third-order valence-corrected chi connectivity index (χ3v) is 10.2. The van der Waals surface area contributed by atoms with E-state index in [1.807, 2.05) is 41.4 Å². The number of phenolic OH excluding ortho intramolecular Hbond substituents is 1. The van der Waals surface area contributed by atoms with Crippen LogP contribution in [0.5, 0.6) is 5.75 Å². The summed E-state index contributed by atoms with van der Waals surface area (Å²) in [7, 11) is 0. The van der Waals surface area contributed by atoms with Crippen molar-refractivity contribution >= 4 is 17.4 Å². The number of benzene rings is 2. The van der Waals surface area contributed by atoms with E-state index in [1.54, 1.807) is 6.26 Å². The largest absolute Gasteiger partial charge is 0.508 e. The Morgan fingerprint density at radius 1 is 1.08 bits per heavy atom. The molecule has 0 radical (unpaired) electrons. The number of nitrogens with zero attached hydrogens (tertiary/aromatic N) is 2. The van der Waals surface area contributed by atoms with E-state index in [-0.39, 0.29) is 23.5 Å². The second-order valence-electron chi connectivity index (χ2n) is 12.2. The molecule has 2 aromatic carbocycles. The molecule has 39 heavy (non-hydrogen) atoms. The average molecular weight is 525 g/mol. The number of hydrazone groups is 1. The number of para-hydroxylation sites is 1. The van der Waals surface area contributed by atoms with Crippen molar-refractivity contribution in [1.29, 1.82) is 0 Å². The molecule has 1 N–H and O–H groups in total. The normalized spacial score (nSPS) is 31.3. The molecule has 4 aliphatic rings. The van der Waals surface area contributed by atoms with Gasteiger partial charge >= 0.3 is 5.97 Å². The van der Waals surface area contributed by atoms with Crippen LogP contribution in [0.25, 0.3) is 0 Å².